The highest BCUT2D eigenvalue weighted by Gasteiger charge is 2.23. The van der Waals surface area contributed by atoms with Crippen molar-refractivity contribution in [2.75, 3.05) is 27.2 Å². The molecule has 0 radical (unpaired) electrons. The molecule has 0 aromatic carbocycles. The largest absolute Gasteiger partial charge is 0.468 e. The Kier molecular flexibility index (Phi) is 5.83. The van der Waals surface area contributed by atoms with Gasteiger partial charge in [-0.2, -0.15) is 0 Å². The number of hydrogen-bond donors (Lipinski definition) is 3. The molecule has 7 heteroatoms. The number of furan rings is 1. The molecule has 1 aliphatic rings. The van der Waals surface area contributed by atoms with Crippen molar-refractivity contribution in [2.45, 2.75) is 31.3 Å². The zero-order valence-electron chi connectivity index (χ0n) is 13.1. The molecular weight excluding hydrogens is 284 g/mol. The average molecular weight is 308 g/mol. The lowest BCUT2D eigenvalue weighted by atomic mass is 10.1. The third-order valence-electron chi connectivity index (χ3n) is 3.79. The molecule has 7 nitrogen and oxygen atoms in total. The maximum absolute atomic E-state index is 12.0. The van der Waals surface area contributed by atoms with Gasteiger partial charge in [0, 0.05) is 13.1 Å². The van der Waals surface area contributed by atoms with Crippen molar-refractivity contribution in [1.82, 2.24) is 20.9 Å². The molecule has 1 aromatic heterocycles. The highest BCUT2D eigenvalue weighted by Crippen LogP contribution is 2.17. The van der Waals surface area contributed by atoms with Crippen molar-refractivity contribution in [3.63, 3.8) is 0 Å². The van der Waals surface area contributed by atoms with Crippen LogP contribution in [0.15, 0.2) is 22.8 Å². The summed E-state index contributed by atoms with van der Waals surface area (Å²) in [5.41, 5.74) is 0. The van der Waals surface area contributed by atoms with Crippen LogP contribution in [-0.2, 0) is 4.79 Å². The molecule has 122 valence electrons. The molecule has 0 unspecified atom stereocenters. The first-order valence-electron chi connectivity index (χ1n) is 7.60. The van der Waals surface area contributed by atoms with E-state index in [9.17, 15) is 9.59 Å². The molecule has 1 aromatic rings. The van der Waals surface area contributed by atoms with E-state index in [1.165, 1.54) is 0 Å². The van der Waals surface area contributed by atoms with Gasteiger partial charge in [-0.1, -0.05) is 0 Å². The van der Waals surface area contributed by atoms with Gasteiger partial charge in [-0.25, -0.2) is 4.79 Å². The maximum Gasteiger partial charge on any atom is 0.315 e. The summed E-state index contributed by atoms with van der Waals surface area (Å²) in [6.07, 6.45) is 4.17. The van der Waals surface area contributed by atoms with Gasteiger partial charge >= 0.3 is 6.03 Å². The minimum Gasteiger partial charge on any atom is -0.468 e. The number of urea groups is 1. The van der Waals surface area contributed by atoms with Gasteiger partial charge in [0.1, 0.15) is 11.8 Å². The van der Waals surface area contributed by atoms with Crippen LogP contribution in [0.3, 0.4) is 0 Å². The van der Waals surface area contributed by atoms with E-state index in [0.717, 1.165) is 18.6 Å². The fourth-order valence-electron chi connectivity index (χ4n) is 2.49. The number of hydrogen-bond acceptors (Lipinski definition) is 4. The van der Waals surface area contributed by atoms with Gasteiger partial charge in [0.2, 0.25) is 5.91 Å². The Morgan fingerprint density at radius 3 is 3.00 bits per heavy atom. The van der Waals surface area contributed by atoms with Crippen LogP contribution >= 0.6 is 0 Å². The first-order chi connectivity index (χ1) is 10.6. The normalized spacial score (nSPS) is 20.1. The topological polar surface area (TPSA) is 86.6 Å². The Labute approximate surface area is 130 Å². The Morgan fingerprint density at radius 1 is 1.50 bits per heavy atom. The third kappa shape index (κ3) is 4.49. The van der Waals surface area contributed by atoms with Crippen molar-refractivity contribution < 1.29 is 14.0 Å². The first-order valence-corrected chi connectivity index (χ1v) is 7.60. The predicted octanol–water partition coefficient (Wildman–Crippen LogP) is 0.850. The second-order valence-corrected chi connectivity index (χ2v) is 5.69. The number of nitrogens with one attached hydrogen (secondary N) is 3. The number of nitrogens with zero attached hydrogens (tertiary/aromatic N) is 1. The highest BCUT2D eigenvalue weighted by atomic mass is 16.3. The molecule has 0 aliphatic carbocycles. The standard InChI is InChI=1S/C15H24N4O3/c1-19(2)12(13-7-5-9-22-13)10-17-15(21)18-11-6-3-4-8-16-14(11)20/h5,7,9,11-12H,3-4,6,8,10H2,1-2H3,(H,16,20)(H2,17,18,21)/t11-,12-/m0/s1. The summed E-state index contributed by atoms with van der Waals surface area (Å²) in [6, 6.07) is 2.86. The second kappa shape index (κ2) is 7.84. The molecule has 1 saturated heterocycles. The third-order valence-corrected chi connectivity index (χ3v) is 3.79. The van der Waals surface area contributed by atoms with E-state index in [1.54, 1.807) is 6.26 Å². The molecule has 22 heavy (non-hydrogen) atoms. The highest BCUT2D eigenvalue weighted by molar-refractivity contribution is 5.87. The lowest BCUT2D eigenvalue weighted by Gasteiger charge is -2.23. The van der Waals surface area contributed by atoms with Gasteiger partial charge in [0.05, 0.1) is 12.3 Å². The molecule has 3 amide bonds. The van der Waals surface area contributed by atoms with Crippen LogP contribution in [0.5, 0.6) is 0 Å². The quantitative estimate of drug-likeness (QED) is 0.752. The Bertz CT molecular complexity index is 487. The molecule has 2 heterocycles. The number of carbonyl (C=O) groups is 2. The second-order valence-electron chi connectivity index (χ2n) is 5.69. The fourth-order valence-corrected chi connectivity index (χ4v) is 2.49. The maximum atomic E-state index is 12.0. The Morgan fingerprint density at radius 2 is 2.32 bits per heavy atom. The molecule has 0 spiro atoms. The van der Waals surface area contributed by atoms with Crippen LogP contribution < -0.4 is 16.0 Å². The Hall–Kier alpha value is -2.02. The molecule has 2 rings (SSSR count). The Balaban J connectivity index is 1.84. The van der Waals surface area contributed by atoms with Gasteiger partial charge in [0.15, 0.2) is 0 Å². The molecular formula is C15H24N4O3. The zero-order chi connectivity index (χ0) is 15.9. The van der Waals surface area contributed by atoms with E-state index in [-0.39, 0.29) is 18.0 Å². The van der Waals surface area contributed by atoms with Gasteiger partial charge < -0.3 is 20.4 Å². The predicted molar refractivity (Wildman–Crippen MR) is 82.3 cm³/mol. The number of amides is 3. The van der Waals surface area contributed by atoms with Crippen molar-refractivity contribution in [3.05, 3.63) is 24.2 Å². The van der Waals surface area contributed by atoms with Crippen LogP contribution in [0.25, 0.3) is 0 Å². The summed E-state index contributed by atoms with van der Waals surface area (Å²) in [5.74, 6) is 0.681. The summed E-state index contributed by atoms with van der Waals surface area (Å²) in [5, 5.41) is 8.35. The molecule has 0 bridgehead atoms. The van der Waals surface area contributed by atoms with E-state index in [2.05, 4.69) is 16.0 Å². The van der Waals surface area contributed by atoms with Crippen LogP contribution in [0, 0.1) is 0 Å². The minimum absolute atomic E-state index is 0.0521. The average Bonchev–Trinajstić information content (AvgIpc) is 2.92. The van der Waals surface area contributed by atoms with Crippen LogP contribution in [0.4, 0.5) is 4.79 Å². The van der Waals surface area contributed by atoms with E-state index < -0.39 is 6.04 Å². The van der Waals surface area contributed by atoms with Gasteiger partial charge in [-0.3, -0.25) is 9.69 Å². The van der Waals surface area contributed by atoms with Crippen molar-refractivity contribution >= 4 is 11.9 Å². The van der Waals surface area contributed by atoms with Crippen LogP contribution in [0.2, 0.25) is 0 Å². The minimum atomic E-state index is -0.455. The van der Waals surface area contributed by atoms with E-state index in [0.29, 0.717) is 19.5 Å². The summed E-state index contributed by atoms with van der Waals surface area (Å²) in [4.78, 5) is 25.8. The molecule has 2 atom stereocenters. The number of rotatable bonds is 5. The van der Waals surface area contributed by atoms with Gasteiger partial charge in [0.25, 0.3) is 0 Å². The van der Waals surface area contributed by atoms with Crippen molar-refractivity contribution in [3.8, 4) is 0 Å². The summed E-state index contributed by atoms with van der Waals surface area (Å²) in [7, 11) is 3.84. The van der Waals surface area contributed by atoms with Crippen molar-refractivity contribution in [1.29, 1.82) is 0 Å². The monoisotopic (exact) mass is 308 g/mol. The van der Waals surface area contributed by atoms with Gasteiger partial charge in [-0.05, 0) is 45.5 Å². The zero-order valence-corrected chi connectivity index (χ0v) is 13.1. The van der Waals surface area contributed by atoms with Gasteiger partial charge in [-0.15, -0.1) is 0 Å². The smallest absolute Gasteiger partial charge is 0.315 e. The lowest BCUT2D eigenvalue weighted by molar-refractivity contribution is -0.122. The lowest BCUT2D eigenvalue weighted by Crippen LogP contribution is -2.50. The fraction of sp³-hybridized carbons (Fsp3) is 0.600. The summed E-state index contributed by atoms with van der Waals surface area (Å²) in [6.45, 7) is 1.08. The molecule has 1 fully saturated rings. The molecule has 3 N–H and O–H groups in total. The number of carbonyl (C=O) groups excluding carboxylic acids is 2. The molecule has 1 aliphatic heterocycles. The van der Waals surface area contributed by atoms with Crippen LogP contribution in [-0.4, -0.2) is 50.1 Å². The SMILES string of the molecule is CN(C)[C@@H](CNC(=O)N[C@H]1CCCCNC1=O)c1ccco1. The summed E-state index contributed by atoms with van der Waals surface area (Å²) < 4.78 is 5.40. The first kappa shape index (κ1) is 16.4. The van der Waals surface area contributed by atoms with E-state index in [1.807, 2.05) is 31.1 Å². The van der Waals surface area contributed by atoms with E-state index in [4.69, 9.17) is 4.42 Å². The summed E-state index contributed by atoms with van der Waals surface area (Å²) >= 11 is 0. The molecule has 0 saturated carbocycles. The number of likely N-dealkylation sites (N-methyl/N-ethyl adjacent to an activating group) is 1. The van der Waals surface area contributed by atoms with E-state index >= 15 is 0 Å². The van der Waals surface area contributed by atoms with Crippen molar-refractivity contribution in [2.24, 2.45) is 0 Å². The van der Waals surface area contributed by atoms with Crippen LogP contribution in [0.1, 0.15) is 31.1 Å².